The van der Waals surface area contributed by atoms with Crippen LogP contribution >= 0.6 is 15.9 Å². The first-order valence-corrected chi connectivity index (χ1v) is 9.39. The lowest BCUT2D eigenvalue weighted by atomic mass is 10.1. The summed E-state index contributed by atoms with van der Waals surface area (Å²) < 4.78 is 33.4. The zero-order valence-electron chi connectivity index (χ0n) is 12.4. The van der Waals surface area contributed by atoms with E-state index in [0.717, 1.165) is 32.5 Å². The van der Waals surface area contributed by atoms with E-state index in [1.807, 2.05) is 14.0 Å². The smallest absolute Gasteiger partial charge is 0.245 e. The normalized spacial score (nSPS) is 20.8. The second kappa shape index (κ2) is 7.23. The first-order valence-electron chi connectivity index (χ1n) is 7.12. The van der Waals surface area contributed by atoms with Gasteiger partial charge in [0.25, 0.3) is 0 Å². The van der Waals surface area contributed by atoms with E-state index in [2.05, 4.69) is 30.9 Å². The highest BCUT2D eigenvalue weighted by Gasteiger charge is 2.27. The number of piperidine rings is 1. The third-order valence-corrected chi connectivity index (χ3v) is 5.87. The lowest BCUT2D eigenvalue weighted by Gasteiger charge is -2.29. The van der Waals surface area contributed by atoms with Gasteiger partial charge in [-0.25, -0.2) is 13.1 Å². The molecular weight excluding hydrogens is 358 g/mol. The molecule has 1 saturated heterocycles. The molecular formula is C13H22BrN3O3S. The number of likely N-dealkylation sites (N-methyl/N-ethyl adjacent to an activating group) is 1. The minimum absolute atomic E-state index is 0.0484. The van der Waals surface area contributed by atoms with Crippen molar-refractivity contribution in [2.45, 2.75) is 37.2 Å². The SMILES string of the molecule is CCNCc1cc(S(=O)(=O)NC2CCCN(C)C2)c(Br)o1. The van der Waals surface area contributed by atoms with E-state index >= 15 is 0 Å². The molecule has 1 aromatic rings. The molecule has 1 aromatic heterocycles. The largest absolute Gasteiger partial charge is 0.452 e. The maximum Gasteiger partial charge on any atom is 0.245 e. The predicted molar refractivity (Wildman–Crippen MR) is 84.6 cm³/mol. The Morgan fingerprint density at radius 2 is 2.29 bits per heavy atom. The van der Waals surface area contributed by atoms with Gasteiger partial charge in [0.05, 0.1) is 6.54 Å². The van der Waals surface area contributed by atoms with Gasteiger partial charge in [-0.2, -0.15) is 0 Å². The van der Waals surface area contributed by atoms with Crippen LogP contribution in [0.1, 0.15) is 25.5 Å². The van der Waals surface area contributed by atoms with Crippen LogP contribution in [0.25, 0.3) is 0 Å². The summed E-state index contributed by atoms with van der Waals surface area (Å²) in [7, 11) is -1.56. The number of furan rings is 1. The molecule has 0 aliphatic carbocycles. The van der Waals surface area contributed by atoms with Gasteiger partial charge < -0.3 is 14.6 Å². The second-order valence-electron chi connectivity index (χ2n) is 5.35. The van der Waals surface area contributed by atoms with Crippen LogP contribution in [0.2, 0.25) is 0 Å². The van der Waals surface area contributed by atoms with Gasteiger partial charge in [-0.15, -0.1) is 0 Å². The molecule has 0 spiro atoms. The Hall–Kier alpha value is -0.410. The molecule has 1 fully saturated rings. The topological polar surface area (TPSA) is 74.6 Å². The van der Waals surface area contributed by atoms with Gasteiger partial charge in [0, 0.05) is 18.7 Å². The van der Waals surface area contributed by atoms with E-state index in [9.17, 15) is 8.42 Å². The monoisotopic (exact) mass is 379 g/mol. The molecule has 0 saturated carbocycles. The molecule has 2 N–H and O–H groups in total. The van der Waals surface area contributed by atoms with Crippen LogP contribution in [-0.4, -0.2) is 46.0 Å². The zero-order valence-corrected chi connectivity index (χ0v) is 14.8. The zero-order chi connectivity index (χ0) is 15.5. The minimum Gasteiger partial charge on any atom is -0.452 e. The van der Waals surface area contributed by atoms with E-state index in [4.69, 9.17) is 4.42 Å². The summed E-state index contributed by atoms with van der Waals surface area (Å²) in [5.41, 5.74) is 0. The van der Waals surface area contributed by atoms with Crippen LogP contribution in [0, 0.1) is 0 Å². The lowest BCUT2D eigenvalue weighted by Crippen LogP contribution is -2.46. The van der Waals surface area contributed by atoms with Gasteiger partial charge in [0.2, 0.25) is 10.0 Å². The van der Waals surface area contributed by atoms with E-state index in [-0.39, 0.29) is 15.6 Å². The highest BCUT2D eigenvalue weighted by molar-refractivity contribution is 9.10. The van der Waals surface area contributed by atoms with Crippen LogP contribution in [0.15, 0.2) is 20.0 Å². The Labute approximate surface area is 134 Å². The molecule has 1 aliphatic heterocycles. The molecule has 0 bridgehead atoms. The van der Waals surface area contributed by atoms with Crippen molar-refractivity contribution in [3.8, 4) is 0 Å². The highest BCUT2D eigenvalue weighted by Crippen LogP contribution is 2.26. The Morgan fingerprint density at radius 1 is 1.52 bits per heavy atom. The van der Waals surface area contributed by atoms with Gasteiger partial charge in [0.1, 0.15) is 10.7 Å². The van der Waals surface area contributed by atoms with Crippen molar-refractivity contribution >= 4 is 26.0 Å². The molecule has 1 aliphatic rings. The van der Waals surface area contributed by atoms with Gasteiger partial charge >= 0.3 is 0 Å². The number of hydrogen-bond acceptors (Lipinski definition) is 5. The quantitative estimate of drug-likeness (QED) is 0.783. The molecule has 21 heavy (non-hydrogen) atoms. The second-order valence-corrected chi connectivity index (χ2v) is 7.76. The molecule has 1 atom stereocenters. The highest BCUT2D eigenvalue weighted by atomic mass is 79.9. The Kier molecular flexibility index (Phi) is 5.84. The Balaban J connectivity index is 2.09. The fourth-order valence-electron chi connectivity index (χ4n) is 2.46. The van der Waals surface area contributed by atoms with Crippen molar-refractivity contribution in [1.82, 2.24) is 14.9 Å². The lowest BCUT2D eigenvalue weighted by molar-refractivity contribution is 0.242. The van der Waals surface area contributed by atoms with E-state index < -0.39 is 10.0 Å². The molecule has 1 unspecified atom stereocenters. The average molecular weight is 380 g/mol. The number of halogens is 1. The van der Waals surface area contributed by atoms with Crippen LogP contribution in [0.4, 0.5) is 0 Å². The Morgan fingerprint density at radius 3 is 2.95 bits per heavy atom. The number of sulfonamides is 1. The molecule has 0 amide bonds. The molecule has 0 aromatic carbocycles. The molecule has 8 heteroatoms. The number of hydrogen-bond donors (Lipinski definition) is 2. The van der Waals surface area contributed by atoms with E-state index in [1.165, 1.54) is 0 Å². The van der Waals surface area contributed by atoms with Crippen molar-refractivity contribution in [2.24, 2.45) is 0 Å². The molecule has 6 nitrogen and oxygen atoms in total. The number of rotatable bonds is 6. The number of likely N-dealkylation sites (tertiary alicyclic amines) is 1. The van der Waals surface area contributed by atoms with Crippen LogP contribution in [-0.2, 0) is 16.6 Å². The maximum atomic E-state index is 12.5. The fraction of sp³-hybridized carbons (Fsp3) is 0.692. The summed E-state index contributed by atoms with van der Waals surface area (Å²) in [6, 6.07) is 1.52. The number of nitrogens with zero attached hydrogens (tertiary/aromatic N) is 1. The first-order chi connectivity index (χ1) is 9.92. The summed E-state index contributed by atoms with van der Waals surface area (Å²) in [5, 5.41) is 3.11. The van der Waals surface area contributed by atoms with E-state index in [0.29, 0.717) is 12.3 Å². The number of nitrogens with one attached hydrogen (secondary N) is 2. The third-order valence-electron chi connectivity index (χ3n) is 3.49. The van der Waals surface area contributed by atoms with Gasteiger partial charge in [-0.1, -0.05) is 6.92 Å². The van der Waals surface area contributed by atoms with Gasteiger partial charge in [-0.3, -0.25) is 0 Å². The first kappa shape index (κ1) is 17.0. The fourth-order valence-corrected chi connectivity index (χ4v) is 4.72. The molecule has 2 heterocycles. The average Bonchev–Trinajstić information content (AvgIpc) is 2.78. The third kappa shape index (κ3) is 4.53. The summed E-state index contributed by atoms with van der Waals surface area (Å²) in [6.45, 7) is 5.04. The van der Waals surface area contributed by atoms with Crippen molar-refractivity contribution in [2.75, 3.05) is 26.7 Å². The van der Waals surface area contributed by atoms with E-state index in [1.54, 1.807) is 6.07 Å². The van der Waals surface area contributed by atoms with Crippen molar-refractivity contribution < 1.29 is 12.8 Å². The van der Waals surface area contributed by atoms with Crippen LogP contribution < -0.4 is 10.0 Å². The van der Waals surface area contributed by atoms with Crippen LogP contribution in [0.5, 0.6) is 0 Å². The predicted octanol–water partition coefficient (Wildman–Crippen LogP) is 1.52. The summed E-state index contributed by atoms with van der Waals surface area (Å²) in [6.07, 6.45) is 1.87. The summed E-state index contributed by atoms with van der Waals surface area (Å²) >= 11 is 3.20. The molecule has 2 rings (SSSR count). The summed E-state index contributed by atoms with van der Waals surface area (Å²) in [4.78, 5) is 2.31. The minimum atomic E-state index is -3.56. The standard InChI is InChI=1S/C13H22BrN3O3S/c1-3-15-8-11-7-12(13(14)20-11)21(18,19)16-10-5-4-6-17(2)9-10/h7,10,15-16H,3-6,8-9H2,1-2H3. The molecule has 120 valence electrons. The summed E-state index contributed by atoms with van der Waals surface area (Å²) in [5.74, 6) is 0.602. The molecule has 0 radical (unpaired) electrons. The Bertz CT molecular complexity index is 573. The van der Waals surface area contributed by atoms with Gasteiger partial charge in [0.15, 0.2) is 4.67 Å². The van der Waals surface area contributed by atoms with Crippen molar-refractivity contribution in [3.63, 3.8) is 0 Å². The van der Waals surface area contributed by atoms with Gasteiger partial charge in [-0.05, 0) is 48.9 Å². The van der Waals surface area contributed by atoms with Crippen LogP contribution in [0.3, 0.4) is 0 Å². The van der Waals surface area contributed by atoms with Crippen molar-refractivity contribution in [3.05, 3.63) is 16.5 Å². The maximum absolute atomic E-state index is 12.5. The van der Waals surface area contributed by atoms with Crippen molar-refractivity contribution in [1.29, 1.82) is 0 Å².